The number of rotatable bonds is 6. The number of hydrogen-bond donors (Lipinski definition) is 1. The van der Waals surface area contributed by atoms with Gasteiger partial charge in [0.15, 0.2) is 10.1 Å². The van der Waals surface area contributed by atoms with Gasteiger partial charge in [-0.1, -0.05) is 13.8 Å². The van der Waals surface area contributed by atoms with Gasteiger partial charge >= 0.3 is 0 Å². The van der Waals surface area contributed by atoms with Gasteiger partial charge in [-0.15, -0.1) is 11.3 Å². The first-order chi connectivity index (χ1) is 10.1. The summed E-state index contributed by atoms with van der Waals surface area (Å²) < 4.78 is 3.92. The summed E-state index contributed by atoms with van der Waals surface area (Å²) in [6.45, 7) is 6.21. The van der Waals surface area contributed by atoms with Crippen molar-refractivity contribution >= 4 is 28.1 Å². The average molecular weight is 322 g/mol. The van der Waals surface area contributed by atoms with Crippen molar-refractivity contribution in [3.8, 4) is 0 Å². The molecule has 0 fully saturated rings. The fourth-order valence-electron chi connectivity index (χ4n) is 2.00. The molecule has 112 valence electrons. The summed E-state index contributed by atoms with van der Waals surface area (Å²) >= 11 is 3.21. The van der Waals surface area contributed by atoms with Crippen molar-refractivity contribution in [2.75, 3.05) is 6.54 Å². The molecule has 0 spiro atoms. The number of nitrogens with zero attached hydrogens (tertiary/aromatic N) is 5. The predicted molar refractivity (Wildman–Crippen MR) is 84.7 cm³/mol. The molecule has 0 saturated heterocycles. The lowest BCUT2D eigenvalue weighted by Gasteiger charge is -2.08. The fraction of sp³-hybridized carbons (Fsp3) is 0.462. The predicted octanol–water partition coefficient (Wildman–Crippen LogP) is 2.42. The molecule has 0 saturated carbocycles. The number of imidazole rings is 1. The summed E-state index contributed by atoms with van der Waals surface area (Å²) in [5.74, 6) is 0.630. The highest BCUT2D eigenvalue weighted by Crippen LogP contribution is 2.30. The Bertz CT molecular complexity index is 726. The van der Waals surface area contributed by atoms with Gasteiger partial charge in [0, 0.05) is 25.2 Å². The van der Waals surface area contributed by atoms with Crippen LogP contribution in [0.4, 0.5) is 0 Å². The molecular weight excluding hydrogens is 304 g/mol. The SMILES string of the molecule is CC(C)CNCc1c(Sc2ncnn2C)nc2sccn12. The molecule has 3 aromatic rings. The third-order valence-electron chi connectivity index (χ3n) is 3.03. The number of thiazole rings is 1. The van der Waals surface area contributed by atoms with Crippen LogP contribution in [-0.2, 0) is 13.6 Å². The maximum atomic E-state index is 4.71. The second-order valence-electron chi connectivity index (χ2n) is 5.21. The molecule has 0 aliphatic heterocycles. The topological polar surface area (TPSA) is 60.0 Å². The molecule has 0 aliphatic rings. The van der Waals surface area contributed by atoms with Crippen molar-refractivity contribution in [1.82, 2.24) is 29.5 Å². The van der Waals surface area contributed by atoms with Crippen molar-refractivity contribution in [3.63, 3.8) is 0 Å². The quantitative estimate of drug-likeness (QED) is 0.755. The van der Waals surface area contributed by atoms with Crippen LogP contribution in [0, 0.1) is 5.92 Å². The summed E-state index contributed by atoms with van der Waals surface area (Å²) in [4.78, 5) is 9.99. The Hall–Kier alpha value is -1.38. The summed E-state index contributed by atoms with van der Waals surface area (Å²) in [6.07, 6.45) is 3.64. The second kappa shape index (κ2) is 6.17. The molecule has 0 amide bonds. The highest BCUT2D eigenvalue weighted by molar-refractivity contribution is 7.99. The first kappa shape index (κ1) is 14.6. The molecule has 3 rings (SSSR count). The molecule has 1 N–H and O–H groups in total. The second-order valence-corrected chi connectivity index (χ2v) is 7.04. The van der Waals surface area contributed by atoms with Gasteiger partial charge in [0.05, 0.1) is 5.69 Å². The molecule has 6 nitrogen and oxygen atoms in total. The van der Waals surface area contributed by atoms with Gasteiger partial charge in [-0.05, 0) is 24.2 Å². The van der Waals surface area contributed by atoms with E-state index in [4.69, 9.17) is 4.98 Å². The van der Waals surface area contributed by atoms with Crippen molar-refractivity contribution in [2.24, 2.45) is 13.0 Å². The smallest absolute Gasteiger partial charge is 0.194 e. The lowest BCUT2D eigenvalue weighted by Crippen LogP contribution is -2.20. The Morgan fingerprint density at radius 3 is 3.00 bits per heavy atom. The normalized spacial score (nSPS) is 11.8. The van der Waals surface area contributed by atoms with Crippen LogP contribution in [0.5, 0.6) is 0 Å². The Labute approximate surface area is 131 Å². The van der Waals surface area contributed by atoms with Crippen molar-refractivity contribution in [2.45, 2.75) is 30.6 Å². The fourth-order valence-corrected chi connectivity index (χ4v) is 3.66. The van der Waals surface area contributed by atoms with Crippen molar-refractivity contribution in [1.29, 1.82) is 0 Å². The molecule has 21 heavy (non-hydrogen) atoms. The average Bonchev–Trinajstić information content (AvgIpc) is 3.10. The minimum Gasteiger partial charge on any atom is -0.311 e. The summed E-state index contributed by atoms with van der Waals surface area (Å²) in [7, 11) is 1.89. The molecule has 0 bridgehead atoms. The zero-order valence-corrected chi connectivity index (χ0v) is 13.9. The number of aryl methyl sites for hydroxylation is 1. The number of nitrogens with one attached hydrogen (secondary N) is 1. The molecule has 0 aromatic carbocycles. The molecule has 0 atom stereocenters. The molecular formula is C13H18N6S2. The number of fused-ring (bicyclic) bond motifs is 1. The van der Waals surface area contributed by atoms with Crippen LogP contribution < -0.4 is 5.32 Å². The van der Waals surface area contributed by atoms with E-state index in [1.165, 1.54) is 5.69 Å². The van der Waals surface area contributed by atoms with E-state index in [0.29, 0.717) is 5.92 Å². The van der Waals surface area contributed by atoms with Gasteiger partial charge in [-0.3, -0.25) is 4.40 Å². The largest absolute Gasteiger partial charge is 0.311 e. The lowest BCUT2D eigenvalue weighted by molar-refractivity contribution is 0.544. The van der Waals surface area contributed by atoms with Gasteiger partial charge in [-0.25, -0.2) is 14.6 Å². The molecule has 0 radical (unpaired) electrons. The van der Waals surface area contributed by atoms with Crippen LogP contribution in [0.1, 0.15) is 19.5 Å². The minimum atomic E-state index is 0.630. The van der Waals surface area contributed by atoms with Gasteiger partial charge in [-0.2, -0.15) is 5.10 Å². The van der Waals surface area contributed by atoms with E-state index in [0.717, 1.165) is 28.2 Å². The Kier molecular flexibility index (Phi) is 4.27. The van der Waals surface area contributed by atoms with E-state index in [9.17, 15) is 0 Å². The van der Waals surface area contributed by atoms with Gasteiger partial charge in [0.25, 0.3) is 0 Å². The first-order valence-corrected chi connectivity index (χ1v) is 8.51. The van der Waals surface area contributed by atoms with E-state index < -0.39 is 0 Å². The van der Waals surface area contributed by atoms with Gasteiger partial charge < -0.3 is 5.32 Å². The number of aromatic nitrogens is 5. The minimum absolute atomic E-state index is 0.630. The molecule has 3 heterocycles. The third kappa shape index (κ3) is 3.12. The highest BCUT2D eigenvalue weighted by atomic mass is 32.2. The Morgan fingerprint density at radius 1 is 1.43 bits per heavy atom. The third-order valence-corrected chi connectivity index (χ3v) is 4.86. The summed E-state index contributed by atoms with van der Waals surface area (Å²) in [5, 5.41) is 11.5. The first-order valence-electron chi connectivity index (χ1n) is 6.82. The van der Waals surface area contributed by atoms with Crippen molar-refractivity contribution in [3.05, 3.63) is 23.6 Å². The maximum Gasteiger partial charge on any atom is 0.194 e. The molecule has 8 heteroatoms. The molecule has 3 aromatic heterocycles. The lowest BCUT2D eigenvalue weighted by atomic mass is 10.2. The molecule has 0 aliphatic carbocycles. The van der Waals surface area contributed by atoms with E-state index in [1.807, 2.05) is 7.05 Å². The molecule has 0 unspecified atom stereocenters. The van der Waals surface area contributed by atoms with Gasteiger partial charge in [0.1, 0.15) is 11.4 Å². The Balaban J connectivity index is 1.86. The number of hydrogen-bond acceptors (Lipinski definition) is 6. The maximum absolute atomic E-state index is 4.71. The van der Waals surface area contributed by atoms with Crippen LogP contribution in [-0.4, -0.2) is 30.7 Å². The van der Waals surface area contributed by atoms with Gasteiger partial charge in [0.2, 0.25) is 0 Å². The zero-order valence-electron chi connectivity index (χ0n) is 12.3. The van der Waals surface area contributed by atoms with Crippen LogP contribution in [0.2, 0.25) is 0 Å². The Morgan fingerprint density at radius 2 is 2.29 bits per heavy atom. The van der Waals surface area contributed by atoms with E-state index in [-0.39, 0.29) is 0 Å². The van der Waals surface area contributed by atoms with E-state index >= 15 is 0 Å². The van der Waals surface area contributed by atoms with Crippen LogP contribution in [0.3, 0.4) is 0 Å². The summed E-state index contributed by atoms with van der Waals surface area (Å²) in [6, 6.07) is 0. The monoisotopic (exact) mass is 322 g/mol. The zero-order chi connectivity index (χ0) is 14.8. The van der Waals surface area contributed by atoms with E-state index in [1.54, 1.807) is 34.1 Å². The summed E-state index contributed by atoms with van der Waals surface area (Å²) in [5.41, 5.74) is 1.18. The van der Waals surface area contributed by atoms with E-state index in [2.05, 4.69) is 45.2 Å². The van der Waals surface area contributed by atoms with Crippen LogP contribution >= 0.6 is 23.1 Å². The highest BCUT2D eigenvalue weighted by Gasteiger charge is 2.16. The van der Waals surface area contributed by atoms with Crippen molar-refractivity contribution < 1.29 is 0 Å². The van der Waals surface area contributed by atoms with Crippen LogP contribution in [0.25, 0.3) is 4.96 Å². The van der Waals surface area contributed by atoms with Crippen LogP contribution in [0.15, 0.2) is 28.1 Å². The standard InChI is InChI=1S/C13H18N6S2/c1-9(2)6-14-7-10-11(17-13-19(10)4-5-20-13)21-12-15-8-16-18(12)3/h4-5,8-9,14H,6-7H2,1-3H3.